The zero-order valence-electron chi connectivity index (χ0n) is 18.2. The third kappa shape index (κ3) is 3.98. The molecule has 0 saturated carbocycles. The quantitative estimate of drug-likeness (QED) is 0.391. The standard InChI is InChI=1S/C27H26N2O3/c1-31-24-12-6-5-10-21(24)20-14-15-25-22(18-20)28-27(32-25)23-11-7-17-29(23)26(30)16-13-19-8-3-2-4-9-19/h2-6,8-10,12,14-15,18,23H,7,11,13,16-17H2,1H3/t23-/m0/s1. The Morgan fingerprint density at radius 2 is 1.91 bits per heavy atom. The van der Waals surface area contributed by atoms with Gasteiger partial charge in [-0.1, -0.05) is 54.6 Å². The molecular formula is C27H26N2O3. The Hall–Kier alpha value is -3.60. The number of fused-ring (bicyclic) bond motifs is 1. The third-order valence-corrected chi connectivity index (χ3v) is 6.15. The maximum atomic E-state index is 13.0. The van der Waals surface area contributed by atoms with E-state index in [1.54, 1.807) is 7.11 Å². The maximum Gasteiger partial charge on any atom is 0.223 e. The van der Waals surface area contributed by atoms with Gasteiger partial charge in [0.2, 0.25) is 11.8 Å². The molecule has 0 radical (unpaired) electrons. The molecule has 2 heterocycles. The maximum absolute atomic E-state index is 13.0. The van der Waals surface area contributed by atoms with Crippen molar-refractivity contribution in [2.45, 2.75) is 31.7 Å². The number of carbonyl (C=O) groups excluding carboxylic acids is 1. The number of benzene rings is 3. The molecule has 0 N–H and O–H groups in total. The Balaban J connectivity index is 1.37. The number of amides is 1. The Labute approximate surface area is 187 Å². The number of likely N-dealkylation sites (tertiary alicyclic amines) is 1. The minimum Gasteiger partial charge on any atom is -0.496 e. The van der Waals surface area contributed by atoms with Crippen molar-refractivity contribution >= 4 is 17.0 Å². The lowest BCUT2D eigenvalue weighted by Gasteiger charge is -2.22. The van der Waals surface area contributed by atoms with Gasteiger partial charge in [0.05, 0.1) is 7.11 Å². The van der Waals surface area contributed by atoms with Crippen molar-refractivity contribution in [2.75, 3.05) is 13.7 Å². The number of nitrogens with zero attached hydrogens (tertiary/aromatic N) is 2. The van der Waals surface area contributed by atoms with Crippen LogP contribution >= 0.6 is 0 Å². The van der Waals surface area contributed by atoms with Gasteiger partial charge in [-0.2, -0.15) is 0 Å². The third-order valence-electron chi connectivity index (χ3n) is 6.15. The lowest BCUT2D eigenvalue weighted by molar-refractivity contribution is -0.132. The molecule has 0 bridgehead atoms. The molecule has 5 nitrogen and oxygen atoms in total. The van der Waals surface area contributed by atoms with Crippen LogP contribution in [0.4, 0.5) is 0 Å². The summed E-state index contributed by atoms with van der Waals surface area (Å²) in [6.07, 6.45) is 3.09. The highest BCUT2D eigenvalue weighted by atomic mass is 16.5. The molecule has 1 atom stereocenters. The lowest BCUT2D eigenvalue weighted by Crippen LogP contribution is -2.30. The lowest BCUT2D eigenvalue weighted by atomic mass is 10.0. The van der Waals surface area contributed by atoms with E-state index in [4.69, 9.17) is 14.1 Å². The summed E-state index contributed by atoms with van der Waals surface area (Å²) in [7, 11) is 1.68. The van der Waals surface area contributed by atoms with Gasteiger partial charge in [-0.15, -0.1) is 0 Å². The van der Waals surface area contributed by atoms with Crippen LogP contribution in [0.2, 0.25) is 0 Å². The molecule has 1 saturated heterocycles. The van der Waals surface area contributed by atoms with Gasteiger partial charge in [-0.05, 0) is 48.6 Å². The van der Waals surface area contributed by atoms with Crippen LogP contribution in [0.5, 0.6) is 5.75 Å². The number of methoxy groups -OCH3 is 1. The first kappa shape index (κ1) is 20.3. The van der Waals surface area contributed by atoms with E-state index < -0.39 is 0 Å². The summed E-state index contributed by atoms with van der Waals surface area (Å²) in [6, 6.07) is 24.0. The molecule has 1 fully saturated rings. The van der Waals surface area contributed by atoms with Crippen LogP contribution in [-0.2, 0) is 11.2 Å². The van der Waals surface area contributed by atoms with E-state index in [1.807, 2.05) is 65.6 Å². The Morgan fingerprint density at radius 1 is 1.09 bits per heavy atom. The summed E-state index contributed by atoms with van der Waals surface area (Å²) in [4.78, 5) is 19.7. The van der Waals surface area contributed by atoms with Crippen LogP contribution < -0.4 is 4.74 Å². The van der Waals surface area contributed by atoms with Gasteiger partial charge in [-0.3, -0.25) is 4.79 Å². The molecule has 0 aliphatic carbocycles. The number of oxazole rings is 1. The van der Waals surface area contributed by atoms with Crippen LogP contribution in [0, 0.1) is 0 Å². The zero-order valence-corrected chi connectivity index (χ0v) is 18.2. The Kier molecular flexibility index (Phi) is 5.63. The average Bonchev–Trinajstić information content (AvgIpc) is 3.49. The van der Waals surface area contributed by atoms with Crippen molar-refractivity contribution in [2.24, 2.45) is 0 Å². The van der Waals surface area contributed by atoms with Crippen LogP contribution in [-0.4, -0.2) is 29.4 Å². The molecule has 32 heavy (non-hydrogen) atoms. The van der Waals surface area contributed by atoms with Gasteiger partial charge in [0.15, 0.2) is 5.58 Å². The smallest absolute Gasteiger partial charge is 0.223 e. The number of rotatable bonds is 6. The zero-order chi connectivity index (χ0) is 21.9. The molecule has 162 valence electrons. The van der Waals surface area contributed by atoms with E-state index in [-0.39, 0.29) is 11.9 Å². The van der Waals surface area contributed by atoms with Gasteiger partial charge in [0, 0.05) is 18.5 Å². The monoisotopic (exact) mass is 426 g/mol. The molecular weight excluding hydrogens is 400 g/mol. The van der Waals surface area contributed by atoms with Crippen LogP contribution in [0.1, 0.15) is 36.8 Å². The second-order valence-corrected chi connectivity index (χ2v) is 8.17. The highest BCUT2D eigenvalue weighted by Gasteiger charge is 2.33. The molecule has 1 amide bonds. The van der Waals surface area contributed by atoms with Crippen molar-refractivity contribution in [3.05, 3.63) is 84.3 Å². The number of para-hydroxylation sites is 1. The van der Waals surface area contributed by atoms with Crippen molar-refractivity contribution in [1.29, 1.82) is 0 Å². The van der Waals surface area contributed by atoms with Crippen LogP contribution in [0.15, 0.2) is 77.2 Å². The van der Waals surface area contributed by atoms with E-state index in [2.05, 4.69) is 12.1 Å². The van der Waals surface area contributed by atoms with Gasteiger partial charge in [-0.25, -0.2) is 4.98 Å². The molecule has 5 heteroatoms. The highest BCUT2D eigenvalue weighted by molar-refractivity contribution is 5.82. The number of carbonyl (C=O) groups is 1. The minimum atomic E-state index is -0.0969. The molecule has 5 rings (SSSR count). The number of hydrogen-bond donors (Lipinski definition) is 0. The number of ether oxygens (including phenoxy) is 1. The van der Waals surface area contributed by atoms with Crippen LogP contribution in [0.25, 0.3) is 22.2 Å². The first-order valence-corrected chi connectivity index (χ1v) is 11.1. The second-order valence-electron chi connectivity index (χ2n) is 8.17. The van der Waals surface area contributed by atoms with Crippen molar-refractivity contribution in [1.82, 2.24) is 9.88 Å². The predicted molar refractivity (Wildman–Crippen MR) is 124 cm³/mol. The first-order chi connectivity index (χ1) is 15.7. The van der Waals surface area contributed by atoms with Crippen molar-refractivity contribution in [3.63, 3.8) is 0 Å². The molecule has 0 unspecified atom stereocenters. The molecule has 3 aromatic carbocycles. The van der Waals surface area contributed by atoms with E-state index >= 15 is 0 Å². The Bertz CT molecular complexity index is 1230. The first-order valence-electron chi connectivity index (χ1n) is 11.1. The van der Waals surface area contributed by atoms with Gasteiger partial charge >= 0.3 is 0 Å². The number of aromatic nitrogens is 1. The molecule has 1 aliphatic rings. The summed E-state index contributed by atoms with van der Waals surface area (Å²) < 4.78 is 11.6. The average molecular weight is 427 g/mol. The van der Waals surface area contributed by atoms with Crippen molar-refractivity contribution < 1.29 is 13.9 Å². The summed E-state index contributed by atoms with van der Waals surface area (Å²) >= 11 is 0. The fourth-order valence-corrected chi connectivity index (χ4v) is 4.50. The second kappa shape index (κ2) is 8.87. The molecule has 1 aliphatic heterocycles. The highest BCUT2D eigenvalue weighted by Crippen LogP contribution is 2.36. The van der Waals surface area contributed by atoms with E-state index in [0.29, 0.717) is 12.3 Å². The van der Waals surface area contributed by atoms with Gasteiger partial charge in [0.25, 0.3) is 0 Å². The fraction of sp³-hybridized carbons (Fsp3) is 0.259. The van der Waals surface area contributed by atoms with Gasteiger partial charge < -0.3 is 14.1 Å². The SMILES string of the molecule is COc1ccccc1-c1ccc2oc([C@@H]3CCCN3C(=O)CCc3ccccc3)nc2c1. The largest absolute Gasteiger partial charge is 0.496 e. The van der Waals surface area contributed by atoms with E-state index in [0.717, 1.165) is 53.8 Å². The van der Waals surface area contributed by atoms with E-state index in [9.17, 15) is 4.79 Å². The van der Waals surface area contributed by atoms with E-state index in [1.165, 1.54) is 5.56 Å². The predicted octanol–water partition coefficient (Wildman–Crippen LogP) is 5.80. The molecule has 4 aromatic rings. The number of hydrogen-bond acceptors (Lipinski definition) is 4. The molecule has 0 spiro atoms. The summed E-state index contributed by atoms with van der Waals surface area (Å²) in [5, 5.41) is 0. The topological polar surface area (TPSA) is 55.6 Å². The van der Waals surface area contributed by atoms with Crippen molar-refractivity contribution in [3.8, 4) is 16.9 Å². The fourth-order valence-electron chi connectivity index (χ4n) is 4.50. The molecule has 1 aromatic heterocycles. The van der Waals surface area contributed by atoms with Gasteiger partial charge in [0.1, 0.15) is 17.3 Å². The minimum absolute atomic E-state index is 0.0969. The summed E-state index contributed by atoms with van der Waals surface area (Å²) in [6.45, 7) is 0.753. The normalized spacial score (nSPS) is 15.9. The number of aryl methyl sites for hydroxylation is 1. The van der Waals surface area contributed by atoms with Crippen LogP contribution in [0.3, 0.4) is 0 Å². The Morgan fingerprint density at radius 3 is 2.75 bits per heavy atom. The summed E-state index contributed by atoms with van der Waals surface area (Å²) in [5.74, 6) is 1.61. The summed E-state index contributed by atoms with van der Waals surface area (Å²) in [5.41, 5.74) is 4.76.